The molecule has 0 saturated heterocycles. The SMILES string of the molecule is CN(CCCNc1ccnc2cc(Cl)ccc12)C(=O)C(C)(C)CCl. The number of nitrogens with one attached hydrogen (secondary N) is 1. The highest BCUT2D eigenvalue weighted by Crippen LogP contribution is 2.24. The molecule has 1 amide bonds. The molecule has 1 heterocycles. The molecule has 0 atom stereocenters. The fourth-order valence-electron chi connectivity index (χ4n) is 2.49. The number of alkyl halides is 1. The minimum atomic E-state index is -0.524. The molecule has 2 aromatic rings. The molecule has 130 valence electrons. The molecular formula is C18H23Cl2N3O. The first-order valence-electron chi connectivity index (χ1n) is 7.95. The maximum absolute atomic E-state index is 12.3. The molecule has 0 bridgehead atoms. The number of nitrogens with zero attached hydrogens (tertiary/aromatic N) is 2. The number of halogens is 2. The van der Waals surface area contributed by atoms with Gasteiger partial charge in [0, 0.05) is 48.3 Å². The first-order chi connectivity index (χ1) is 11.3. The summed E-state index contributed by atoms with van der Waals surface area (Å²) in [6.07, 6.45) is 2.61. The molecule has 4 nitrogen and oxygen atoms in total. The summed E-state index contributed by atoms with van der Waals surface area (Å²) in [5.41, 5.74) is 1.36. The lowest BCUT2D eigenvalue weighted by Gasteiger charge is -2.27. The highest BCUT2D eigenvalue weighted by atomic mass is 35.5. The molecule has 0 aliphatic carbocycles. The predicted molar refractivity (Wildman–Crippen MR) is 102 cm³/mol. The van der Waals surface area contributed by atoms with E-state index in [9.17, 15) is 4.79 Å². The van der Waals surface area contributed by atoms with Crippen LogP contribution in [0.3, 0.4) is 0 Å². The van der Waals surface area contributed by atoms with Crippen molar-refractivity contribution in [1.29, 1.82) is 0 Å². The van der Waals surface area contributed by atoms with Crippen molar-refractivity contribution in [3.63, 3.8) is 0 Å². The molecule has 0 aliphatic rings. The van der Waals surface area contributed by atoms with Gasteiger partial charge in [-0.25, -0.2) is 0 Å². The number of benzene rings is 1. The van der Waals surface area contributed by atoms with E-state index in [1.807, 2.05) is 45.2 Å². The second-order valence-corrected chi connectivity index (χ2v) is 7.25. The quantitative estimate of drug-likeness (QED) is 0.582. The van der Waals surface area contributed by atoms with Crippen molar-refractivity contribution in [3.05, 3.63) is 35.5 Å². The molecule has 0 fully saturated rings. The molecular weight excluding hydrogens is 345 g/mol. The number of aromatic nitrogens is 1. The van der Waals surface area contributed by atoms with Crippen molar-refractivity contribution in [1.82, 2.24) is 9.88 Å². The van der Waals surface area contributed by atoms with Crippen LogP contribution in [-0.2, 0) is 4.79 Å². The monoisotopic (exact) mass is 367 g/mol. The van der Waals surface area contributed by atoms with Crippen LogP contribution in [0.1, 0.15) is 20.3 Å². The minimum absolute atomic E-state index is 0.0708. The van der Waals surface area contributed by atoms with Crippen LogP contribution in [0, 0.1) is 5.41 Å². The highest BCUT2D eigenvalue weighted by Gasteiger charge is 2.29. The molecule has 1 N–H and O–H groups in total. The molecule has 0 radical (unpaired) electrons. The van der Waals surface area contributed by atoms with E-state index in [2.05, 4.69) is 10.3 Å². The van der Waals surface area contributed by atoms with Crippen molar-refractivity contribution in [3.8, 4) is 0 Å². The molecule has 6 heteroatoms. The summed E-state index contributed by atoms with van der Waals surface area (Å²) in [7, 11) is 1.82. The highest BCUT2D eigenvalue weighted by molar-refractivity contribution is 6.31. The van der Waals surface area contributed by atoms with Gasteiger partial charge in [0.1, 0.15) is 0 Å². The van der Waals surface area contributed by atoms with Gasteiger partial charge in [-0.2, -0.15) is 0 Å². The van der Waals surface area contributed by atoms with Crippen LogP contribution in [0.15, 0.2) is 30.5 Å². The summed E-state index contributed by atoms with van der Waals surface area (Å²) >= 11 is 11.9. The standard InChI is InChI=1S/C18H23Cl2N3O/c1-18(2,12-19)17(24)23(3)10-4-8-21-15-7-9-22-16-11-13(20)5-6-14(15)16/h5-7,9,11H,4,8,10,12H2,1-3H3,(H,21,22). The number of pyridine rings is 1. The maximum Gasteiger partial charge on any atom is 0.229 e. The summed E-state index contributed by atoms with van der Waals surface area (Å²) in [4.78, 5) is 18.3. The van der Waals surface area contributed by atoms with Gasteiger partial charge in [-0.05, 0) is 44.5 Å². The summed E-state index contributed by atoms with van der Waals surface area (Å²) < 4.78 is 0. The smallest absolute Gasteiger partial charge is 0.229 e. The van der Waals surface area contributed by atoms with Crippen molar-refractivity contribution >= 4 is 45.7 Å². The average molecular weight is 368 g/mol. The summed E-state index contributed by atoms with van der Waals surface area (Å²) in [5.74, 6) is 0.390. The lowest BCUT2D eigenvalue weighted by molar-refractivity contribution is -0.137. The van der Waals surface area contributed by atoms with Gasteiger partial charge in [-0.15, -0.1) is 11.6 Å². The van der Waals surface area contributed by atoms with Gasteiger partial charge in [0.2, 0.25) is 5.91 Å². The molecule has 0 aliphatic heterocycles. The summed E-state index contributed by atoms with van der Waals surface area (Å²) in [5, 5.41) is 5.12. The second kappa shape index (κ2) is 8.04. The Hall–Kier alpha value is -1.52. The second-order valence-electron chi connectivity index (χ2n) is 6.54. The van der Waals surface area contributed by atoms with Crippen LogP contribution in [-0.4, -0.2) is 41.8 Å². The van der Waals surface area contributed by atoms with Gasteiger partial charge < -0.3 is 10.2 Å². The molecule has 2 rings (SSSR count). The van der Waals surface area contributed by atoms with Gasteiger partial charge >= 0.3 is 0 Å². The molecule has 1 aromatic heterocycles. The zero-order valence-corrected chi connectivity index (χ0v) is 15.8. The Morgan fingerprint density at radius 3 is 2.79 bits per heavy atom. The van der Waals surface area contributed by atoms with Crippen LogP contribution in [0.25, 0.3) is 10.9 Å². The third-order valence-corrected chi connectivity index (χ3v) is 4.85. The van der Waals surface area contributed by atoms with Crippen molar-refractivity contribution in [2.24, 2.45) is 5.41 Å². The summed E-state index contributed by atoms with van der Waals surface area (Å²) in [6.45, 7) is 5.18. The van der Waals surface area contributed by atoms with Gasteiger partial charge in [0.25, 0.3) is 0 Å². The van der Waals surface area contributed by atoms with E-state index in [1.165, 1.54) is 0 Å². The fourth-order valence-corrected chi connectivity index (χ4v) is 2.77. The Morgan fingerprint density at radius 2 is 2.08 bits per heavy atom. The zero-order valence-electron chi connectivity index (χ0n) is 14.3. The first-order valence-corrected chi connectivity index (χ1v) is 8.86. The number of amides is 1. The van der Waals surface area contributed by atoms with E-state index in [1.54, 1.807) is 11.1 Å². The van der Waals surface area contributed by atoms with Gasteiger partial charge in [0.15, 0.2) is 0 Å². The Morgan fingerprint density at radius 1 is 1.33 bits per heavy atom. The number of hydrogen-bond donors (Lipinski definition) is 1. The van der Waals surface area contributed by atoms with Gasteiger partial charge in [-0.1, -0.05) is 11.6 Å². The van der Waals surface area contributed by atoms with Gasteiger partial charge in [-0.3, -0.25) is 9.78 Å². The molecule has 0 unspecified atom stereocenters. The topological polar surface area (TPSA) is 45.2 Å². The normalized spacial score (nSPS) is 11.5. The predicted octanol–water partition coefficient (Wildman–Crippen LogP) is 4.41. The third-order valence-electron chi connectivity index (χ3n) is 3.95. The van der Waals surface area contributed by atoms with Crippen LogP contribution >= 0.6 is 23.2 Å². The maximum atomic E-state index is 12.3. The molecule has 0 spiro atoms. The van der Waals surface area contributed by atoms with E-state index in [4.69, 9.17) is 23.2 Å². The van der Waals surface area contributed by atoms with E-state index in [0.29, 0.717) is 17.4 Å². The Kier molecular flexibility index (Phi) is 6.30. The Labute approximate surface area is 153 Å². The number of carbonyl (C=O) groups is 1. The summed E-state index contributed by atoms with van der Waals surface area (Å²) in [6, 6.07) is 7.62. The van der Waals surface area contributed by atoms with Crippen LogP contribution < -0.4 is 5.32 Å². The zero-order chi connectivity index (χ0) is 17.7. The van der Waals surface area contributed by atoms with Crippen molar-refractivity contribution in [2.45, 2.75) is 20.3 Å². The minimum Gasteiger partial charge on any atom is -0.384 e. The van der Waals surface area contributed by atoms with E-state index < -0.39 is 5.41 Å². The number of carbonyl (C=O) groups excluding carboxylic acids is 1. The number of hydrogen-bond acceptors (Lipinski definition) is 3. The number of anilines is 1. The van der Waals surface area contributed by atoms with E-state index in [-0.39, 0.29) is 5.91 Å². The lowest BCUT2D eigenvalue weighted by Crippen LogP contribution is -2.40. The van der Waals surface area contributed by atoms with E-state index >= 15 is 0 Å². The molecule has 1 aromatic carbocycles. The lowest BCUT2D eigenvalue weighted by atomic mass is 9.94. The molecule has 24 heavy (non-hydrogen) atoms. The third kappa shape index (κ3) is 4.52. The number of fused-ring (bicyclic) bond motifs is 1. The number of rotatable bonds is 7. The van der Waals surface area contributed by atoms with E-state index in [0.717, 1.165) is 29.6 Å². The molecule has 0 saturated carbocycles. The fraction of sp³-hybridized carbons (Fsp3) is 0.444. The van der Waals surface area contributed by atoms with Crippen molar-refractivity contribution < 1.29 is 4.79 Å². The Balaban J connectivity index is 1.90. The van der Waals surface area contributed by atoms with Crippen LogP contribution in [0.5, 0.6) is 0 Å². The van der Waals surface area contributed by atoms with Crippen LogP contribution in [0.2, 0.25) is 5.02 Å². The van der Waals surface area contributed by atoms with Gasteiger partial charge in [0.05, 0.1) is 10.9 Å². The first kappa shape index (κ1) is 18.8. The Bertz CT molecular complexity index is 718. The van der Waals surface area contributed by atoms with Crippen LogP contribution in [0.4, 0.5) is 5.69 Å². The largest absolute Gasteiger partial charge is 0.384 e. The van der Waals surface area contributed by atoms with Crippen molar-refractivity contribution in [2.75, 3.05) is 31.3 Å². The average Bonchev–Trinajstić information content (AvgIpc) is 2.57.